The van der Waals surface area contributed by atoms with Crippen LogP contribution in [0.3, 0.4) is 0 Å². The second kappa shape index (κ2) is 8.17. The van der Waals surface area contributed by atoms with Crippen LogP contribution < -0.4 is 10.6 Å². The Morgan fingerprint density at radius 2 is 1.86 bits per heavy atom. The molecular weight excluding hydrogens is 264 g/mol. The molecule has 120 valence electrons. The fourth-order valence-electron chi connectivity index (χ4n) is 2.28. The molecule has 1 aromatic rings. The topological polar surface area (TPSA) is 70.1 Å². The SMILES string of the molecule is CCCc1nc(NC)c(C)c(NCC(C)(C)CCCO)n1. The van der Waals surface area contributed by atoms with Crippen molar-refractivity contribution in [2.75, 3.05) is 30.8 Å². The van der Waals surface area contributed by atoms with E-state index in [0.29, 0.717) is 0 Å². The molecule has 5 nitrogen and oxygen atoms in total. The van der Waals surface area contributed by atoms with Crippen LogP contribution in [0, 0.1) is 12.3 Å². The lowest BCUT2D eigenvalue weighted by molar-refractivity contribution is 0.248. The van der Waals surface area contributed by atoms with Gasteiger partial charge < -0.3 is 15.7 Å². The zero-order valence-electron chi connectivity index (χ0n) is 14.1. The fourth-order valence-corrected chi connectivity index (χ4v) is 2.28. The molecule has 0 bridgehead atoms. The predicted molar refractivity (Wildman–Crippen MR) is 88.9 cm³/mol. The minimum atomic E-state index is 0.130. The standard InChI is InChI=1S/C16H30N4O/c1-6-8-13-19-14(17-5)12(2)15(20-13)18-11-16(3,4)9-7-10-21/h21H,6-11H2,1-5H3,(H2,17,18,19,20). The molecule has 0 aliphatic heterocycles. The van der Waals surface area contributed by atoms with Crippen molar-refractivity contribution in [3.05, 3.63) is 11.4 Å². The highest BCUT2D eigenvalue weighted by atomic mass is 16.2. The van der Waals surface area contributed by atoms with E-state index in [1.165, 1.54) is 0 Å². The summed E-state index contributed by atoms with van der Waals surface area (Å²) in [6.45, 7) is 9.66. The highest BCUT2D eigenvalue weighted by molar-refractivity contribution is 5.57. The van der Waals surface area contributed by atoms with Gasteiger partial charge in [-0.3, -0.25) is 0 Å². The number of nitrogens with zero attached hydrogens (tertiary/aromatic N) is 2. The minimum absolute atomic E-state index is 0.130. The summed E-state index contributed by atoms with van der Waals surface area (Å²) < 4.78 is 0. The highest BCUT2D eigenvalue weighted by Gasteiger charge is 2.18. The van der Waals surface area contributed by atoms with Crippen LogP contribution in [0.1, 0.15) is 51.4 Å². The van der Waals surface area contributed by atoms with E-state index < -0.39 is 0 Å². The van der Waals surface area contributed by atoms with Gasteiger partial charge in [0.25, 0.3) is 0 Å². The summed E-state index contributed by atoms with van der Waals surface area (Å²) in [5.74, 6) is 2.68. The van der Waals surface area contributed by atoms with Crippen LogP contribution in [0.4, 0.5) is 11.6 Å². The average molecular weight is 294 g/mol. The van der Waals surface area contributed by atoms with Gasteiger partial charge in [-0.2, -0.15) is 0 Å². The van der Waals surface area contributed by atoms with E-state index in [0.717, 1.165) is 55.3 Å². The number of hydrogen-bond donors (Lipinski definition) is 3. The van der Waals surface area contributed by atoms with Crippen LogP contribution >= 0.6 is 0 Å². The number of hydrogen-bond acceptors (Lipinski definition) is 5. The van der Waals surface area contributed by atoms with Crippen molar-refractivity contribution in [2.45, 2.75) is 53.4 Å². The van der Waals surface area contributed by atoms with Crippen LogP contribution in [-0.4, -0.2) is 35.3 Å². The molecule has 1 heterocycles. The van der Waals surface area contributed by atoms with Gasteiger partial charge in [-0.05, 0) is 31.6 Å². The lowest BCUT2D eigenvalue weighted by Gasteiger charge is -2.25. The summed E-state index contributed by atoms with van der Waals surface area (Å²) >= 11 is 0. The predicted octanol–water partition coefficient (Wildman–Crippen LogP) is 2.99. The van der Waals surface area contributed by atoms with Gasteiger partial charge in [0.05, 0.1) is 0 Å². The van der Waals surface area contributed by atoms with E-state index in [1.807, 2.05) is 14.0 Å². The maximum Gasteiger partial charge on any atom is 0.134 e. The Balaban J connectivity index is 2.84. The Labute approximate surface area is 128 Å². The Bertz CT molecular complexity index is 446. The maximum atomic E-state index is 8.97. The van der Waals surface area contributed by atoms with Crippen molar-refractivity contribution < 1.29 is 5.11 Å². The first-order chi connectivity index (χ1) is 9.93. The first kappa shape index (κ1) is 17.7. The normalized spacial score (nSPS) is 11.5. The van der Waals surface area contributed by atoms with Crippen molar-refractivity contribution >= 4 is 11.6 Å². The molecule has 0 atom stereocenters. The minimum Gasteiger partial charge on any atom is -0.396 e. The van der Waals surface area contributed by atoms with Crippen LogP contribution in [0.15, 0.2) is 0 Å². The summed E-state index contributed by atoms with van der Waals surface area (Å²) in [6, 6.07) is 0. The molecule has 0 radical (unpaired) electrons. The largest absolute Gasteiger partial charge is 0.396 e. The number of aliphatic hydroxyl groups excluding tert-OH is 1. The Hall–Kier alpha value is -1.36. The maximum absolute atomic E-state index is 8.97. The summed E-state index contributed by atoms with van der Waals surface area (Å²) in [5.41, 5.74) is 1.18. The van der Waals surface area contributed by atoms with Crippen LogP contribution in [0.5, 0.6) is 0 Å². The van der Waals surface area contributed by atoms with E-state index in [9.17, 15) is 0 Å². The summed E-state index contributed by atoms with van der Waals surface area (Å²) in [7, 11) is 1.89. The van der Waals surface area contributed by atoms with Crippen LogP contribution in [-0.2, 0) is 6.42 Å². The van der Waals surface area contributed by atoms with Crippen molar-refractivity contribution in [1.29, 1.82) is 0 Å². The molecule has 0 unspecified atom stereocenters. The molecule has 0 aliphatic rings. The van der Waals surface area contributed by atoms with Crippen molar-refractivity contribution in [3.63, 3.8) is 0 Å². The summed E-state index contributed by atoms with van der Waals surface area (Å²) in [6.07, 6.45) is 3.74. The van der Waals surface area contributed by atoms with Gasteiger partial charge in [0.2, 0.25) is 0 Å². The van der Waals surface area contributed by atoms with E-state index in [1.54, 1.807) is 0 Å². The molecule has 0 aliphatic carbocycles. The first-order valence-electron chi connectivity index (χ1n) is 7.83. The third-order valence-corrected chi connectivity index (χ3v) is 3.65. The van der Waals surface area contributed by atoms with Gasteiger partial charge in [-0.1, -0.05) is 20.8 Å². The molecule has 0 saturated heterocycles. The molecule has 1 aromatic heterocycles. The third kappa shape index (κ3) is 5.50. The second-order valence-corrected chi connectivity index (χ2v) is 6.31. The number of aryl methyl sites for hydroxylation is 1. The molecule has 21 heavy (non-hydrogen) atoms. The zero-order valence-corrected chi connectivity index (χ0v) is 14.1. The average Bonchev–Trinajstić information content (AvgIpc) is 2.45. The Morgan fingerprint density at radius 3 is 2.43 bits per heavy atom. The van der Waals surface area contributed by atoms with Gasteiger partial charge in [0, 0.05) is 32.2 Å². The van der Waals surface area contributed by atoms with Crippen LogP contribution in [0.2, 0.25) is 0 Å². The highest BCUT2D eigenvalue weighted by Crippen LogP contribution is 2.25. The zero-order chi connectivity index (χ0) is 15.9. The number of nitrogens with one attached hydrogen (secondary N) is 2. The van der Waals surface area contributed by atoms with Gasteiger partial charge in [-0.25, -0.2) is 9.97 Å². The van der Waals surface area contributed by atoms with E-state index in [2.05, 4.69) is 41.4 Å². The van der Waals surface area contributed by atoms with E-state index in [4.69, 9.17) is 5.11 Å². The molecule has 0 amide bonds. The van der Waals surface area contributed by atoms with E-state index >= 15 is 0 Å². The van der Waals surface area contributed by atoms with Crippen molar-refractivity contribution in [3.8, 4) is 0 Å². The smallest absolute Gasteiger partial charge is 0.134 e. The van der Waals surface area contributed by atoms with E-state index in [-0.39, 0.29) is 12.0 Å². The number of anilines is 2. The van der Waals surface area contributed by atoms with Crippen molar-refractivity contribution in [1.82, 2.24) is 9.97 Å². The first-order valence-corrected chi connectivity index (χ1v) is 7.83. The Morgan fingerprint density at radius 1 is 1.19 bits per heavy atom. The quantitative estimate of drug-likeness (QED) is 0.653. The number of aromatic nitrogens is 2. The molecular formula is C16H30N4O. The molecule has 0 aromatic carbocycles. The lowest BCUT2D eigenvalue weighted by Crippen LogP contribution is -2.24. The molecule has 0 fully saturated rings. The van der Waals surface area contributed by atoms with Gasteiger partial charge in [0.15, 0.2) is 0 Å². The second-order valence-electron chi connectivity index (χ2n) is 6.31. The molecule has 3 N–H and O–H groups in total. The number of aliphatic hydroxyl groups is 1. The van der Waals surface area contributed by atoms with Gasteiger partial charge >= 0.3 is 0 Å². The van der Waals surface area contributed by atoms with Crippen molar-refractivity contribution in [2.24, 2.45) is 5.41 Å². The summed E-state index contributed by atoms with van der Waals surface area (Å²) in [5, 5.41) is 15.6. The van der Waals surface area contributed by atoms with Gasteiger partial charge in [0.1, 0.15) is 17.5 Å². The number of rotatable bonds is 9. The fraction of sp³-hybridized carbons (Fsp3) is 0.750. The molecule has 0 saturated carbocycles. The monoisotopic (exact) mass is 294 g/mol. The summed E-state index contributed by atoms with van der Waals surface area (Å²) in [4.78, 5) is 9.18. The molecule has 5 heteroatoms. The molecule has 1 rings (SSSR count). The van der Waals surface area contributed by atoms with Gasteiger partial charge in [-0.15, -0.1) is 0 Å². The van der Waals surface area contributed by atoms with Crippen LogP contribution in [0.25, 0.3) is 0 Å². The third-order valence-electron chi connectivity index (χ3n) is 3.65. The molecule has 0 spiro atoms. The Kier molecular flexibility index (Phi) is 6.89. The lowest BCUT2D eigenvalue weighted by atomic mass is 9.88.